The molecule has 1 aromatic carbocycles. The van der Waals surface area contributed by atoms with E-state index in [4.69, 9.17) is 5.73 Å². The number of rotatable bonds is 4. The molecule has 2 rings (SSSR count). The van der Waals surface area contributed by atoms with Crippen molar-refractivity contribution in [1.82, 2.24) is 0 Å². The predicted molar refractivity (Wildman–Crippen MR) is 79.0 cm³/mol. The van der Waals surface area contributed by atoms with E-state index in [0.29, 0.717) is 5.92 Å². The maximum Gasteiger partial charge on any atom is 0.0519 e. The largest absolute Gasteiger partial charge is 0.364 e. The first kappa shape index (κ1) is 13.4. The van der Waals surface area contributed by atoms with E-state index >= 15 is 0 Å². The van der Waals surface area contributed by atoms with Crippen LogP contribution >= 0.6 is 0 Å². The van der Waals surface area contributed by atoms with Crippen molar-refractivity contribution in [3.05, 3.63) is 29.8 Å². The van der Waals surface area contributed by atoms with Gasteiger partial charge in [0.25, 0.3) is 0 Å². The first-order valence-electron chi connectivity index (χ1n) is 7.22. The van der Waals surface area contributed by atoms with Gasteiger partial charge in [-0.3, -0.25) is 0 Å². The van der Waals surface area contributed by atoms with E-state index in [1.165, 1.54) is 17.7 Å². The Kier molecular flexibility index (Phi) is 3.96. The number of fused-ring (bicyclic) bond motifs is 1. The molecule has 0 amide bonds. The van der Waals surface area contributed by atoms with Gasteiger partial charge in [-0.05, 0) is 36.8 Å². The second-order valence-corrected chi connectivity index (χ2v) is 5.68. The van der Waals surface area contributed by atoms with Gasteiger partial charge in [-0.15, -0.1) is 0 Å². The van der Waals surface area contributed by atoms with Crippen LogP contribution in [0.5, 0.6) is 0 Å². The van der Waals surface area contributed by atoms with Crippen LogP contribution in [-0.4, -0.2) is 18.6 Å². The summed E-state index contributed by atoms with van der Waals surface area (Å²) in [5.74, 6) is 0.712. The summed E-state index contributed by atoms with van der Waals surface area (Å²) >= 11 is 0. The third-order valence-electron chi connectivity index (χ3n) is 4.61. The second kappa shape index (κ2) is 5.31. The average molecular weight is 246 g/mol. The molecule has 18 heavy (non-hydrogen) atoms. The SMILES string of the molecule is CCC(CC)(CN)N1CC(C)Cc2ccccc21. The third kappa shape index (κ3) is 2.14. The summed E-state index contributed by atoms with van der Waals surface area (Å²) in [7, 11) is 0. The molecule has 2 heteroatoms. The lowest BCUT2D eigenvalue weighted by Crippen LogP contribution is -2.56. The Morgan fingerprint density at radius 1 is 1.28 bits per heavy atom. The molecule has 100 valence electrons. The molecule has 0 aliphatic carbocycles. The first-order chi connectivity index (χ1) is 8.66. The van der Waals surface area contributed by atoms with Crippen LogP contribution in [0.1, 0.15) is 39.2 Å². The van der Waals surface area contributed by atoms with E-state index < -0.39 is 0 Å². The maximum atomic E-state index is 6.12. The minimum atomic E-state index is 0.130. The molecule has 0 fully saturated rings. The topological polar surface area (TPSA) is 29.3 Å². The number of nitrogens with two attached hydrogens (primary N) is 1. The van der Waals surface area contributed by atoms with Crippen molar-refractivity contribution in [3.8, 4) is 0 Å². The molecule has 0 bridgehead atoms. The van der Waals surface area contributed by atoms with Crippen LogP contribution in [-0.2, 0) is 6.42 Å². The minimum absolute atomic E-state index is 0.130. The Labute approximate surface area is 111 Å². The highest BCUT2D eigenvalue weighted by molar-refractivity contribution is 5.58. The number of hydrogen-bond acceptors (Lipinski definition) is 2. The van der Waals surface area contributed by atoms with Gasteiger partial charge in [-0.2, -0.15) is 0 Å². The van der Waals surface area contributed by atoms with Gasteiger partial charge < -0.3 is 10.6 Å². The van der Waals surface area contributed by atoms with Gasteiger partial charge in [-0.25, -0.2) is 0 Å². The standard InChI is InChI=1S/C16H26N2/c1-4-16(5-2,12-17)18-11-13(3)10-14-8-6-7-9-15(14)18/h6-9,13H,4-5,10-12,17H2,1-3H3. The molecule has 0 aromatic heterocycles. The molecule has 2 nitrogen and oxygen atoms in total. The number of nitrogens with zero attached hydrogens (tertiary/aromatic N) is 1. The third-order valence-corrected chi connectivity index (χ3v) is 4.61. The zero-order valence-corrected chi connectivity index (χ0v) is 11.9. The molecule has 1 aliphatic rings. The summed E-state index contributed by atoms with van der Waals surface area (Å²) in [6.07, 6.45) is 3.42. The van der Waals surface area contributed by atoms with Crippen LogP contribution in [0, 0.1) is 5.92 Å². The molecule has 0 saturated carbocycles. The lowest BCUT2D eigenvalue weighted by molar-refractivity contribution is 0.337. The van der Waals surface area contributed by atoms with Crippen molar-refractivity contribution >= 4 is 5.69 Å². The van der Waals surface area contributed by atoms with Crippen LogP contribution in [0.4, 0.5) is 5.69 Å². The molecule has 1 heterocycles. The van der Waals surface area contributed by atoms with Crippen LogP contribution < -0.4 is 10.6 Å². The van der Waals surface area contributed by atoms with E-state index in [-0.39, 0.29) is 5.54 Å². The van der Waals surface area contributed by atoms with Crippen molar-refractivity contribution < 1.29 is 0 Å². The van der Waals surface area contributed by atoms with Gasteiger partial charge in [0.15, 0.2) is 0 Å². The van der Waals surface area contributed by atoms with Gasteiger partial charge in [-0.1, -0.05) is 39.0 Å². The Hall–Kier alpha value is -1.02. The highest BCUT2D eigenvalue weighted by atomic mass is 15.2. The second-order valence-electron chi connectivity index (χ2n) is 5.68. The van der Waals surface area contributed by atoms with Crippen LogP contribution in [0.3, 0.4) is 0 Å². The highest BCUT2D eigenvalue weighted by Gasteiger charge is 2.36. The highest BCUT2D eigenvalue weighted by Crippen LogP contribution is 2.37. The van der Waals surface area contributed by atoms with Crippen molar-refractivity contribution in [2.24, 2.45) is 11.7 Å². The van der Waals surface area contributed by atoms with Crippen LogP contribution in [0.15, 0.2) is 24.3 Å². The normalized spacial score (nSPS) is 19.8. The smallest absolute Gasteiger partial charge is 0.0519 e. The monoisotopic (exact) mass is 246 g/mol. The first-order valence-corrected chi connectivity index (χ1v) is 7.22. The molecular weight excluding hydrogens is 220 g/mol. The Bertz CT molecular complexity index is 388. The Balaban J connectivity index is 2.44. The summed E-state index contributed by atoms with van der Waals surface area (Å²) in [6.45, 7) is 8.74. The van der Waals surface area contributed by atoms with Crippen molar-refractivity contribution in [1.29, 1.82) is 0 Å². The molecular formula is C16H26N2. The van der Waals surface area contributed by atoms with Gasteiger partial charge in [0, 0.05) is 18.8 Å². The van der Waals surface area contributed by atoms with E-state index in [1.807, 2.05) is 0 Å². The van der Waals surface area contributed by atoms with Gasteiger partial charge in [0.05, 0.1) is 5.54 Å². The molecule has 2 N–H and O–H groups in total. The summed E-state index contributed by atoms with van der Waals surface area (Å²) < 4.78 is 0. The fraction of sp³-hybridized carbons (Fsp3) is 0.625. The zero-order chi connectivity index (χ0) is 13.2. The summed E-state index contributed by atoms with van der Waals surface area (Å²) in [6, 6.07) is 8.83. The molecule has 0 radical (unpaired) electrons. The minimum Gasteiger partial charge on any atom is -0.364 e. The quantitative estimate of drug-likeness (QED) is 0.884. The molecule has 1 aromatic rings. The summed E-state index contributed by atoms with van der Waals surface area (Å²) in [5.41, 5.74) is 9.14. The zero-order valence-electron chi connectivity index (χ0n) is 11.9. The molecule has 0 spiro atoms. The summed E-state index contributed by atoms with van der Waals surface area (Å²) in [4.78, 5) is 2.58. The lowest BCUT2D eigenvalue weighted by Gasteiger charge is -2.48. The van der Waals surface area contributed by atoms with Crippen molar-refractivity contribution in [3.63, 3.8) is 0 Å². The van der Waals surface area contributed by atoms with Crippen LogP contribution in [0.2, 0.25) is 0 Å². The number of benzene rings is 1. The summed E-state index contributed by atoms with van der Waals surface area (Å²) in [5, 5.41) is 0. The fourth-order valence-corrected chi connectivity index (χ4v) is 3.28. The van der Waals surface area contributed by atoms with Gasteiger partial charge in [0.1, 0.15) is 0 Å². The molecule has 1 atom stereocenters. The van der Waals surface area contributed by atoms with Gasteiger partial charge in [0.2, 0.25) is 0 Å². The number of anilines is 1. The molecule has 1 aliphatic heterocycles. The van der Waals surface area contributed by atoms with Crippen molar-refractivity contribution in [2.45, 2.75) is 45.6 Å². The van der Waals surface area contributed by atoms with E-state index in [2.05, 4.69) is 49.9 Å². The average Bonchev–Trinajstić information content (AvgIpc) is 2.41. The fourth-order valence-electron chi connectivity index (χ4n) is 3.28. The lowest BCUT2D eigenvalue weighted by atomic mass is 9.84. The number of para-hydroxylation sites is 1. The molecule has 0 saturated heterocycles. The van der Waals surface area contributed by atoms with Crippen LogP contribution in [0.25, 0.3) is 0 Å². The molecule has 1 unspecified atom stereocenters. The van der Waals surface area contributed by atoms with E-state index in [1.54, 1.807) is 0 Å². The maximum absolute atomic E-state index is 6.12. The van der Waals surface area contributed by atoms with Gasteiger partial charge >= 0.3 is 0 Å². The Morgan fingerprint density at radius 3 is 2.56 bits per heavy atom. The van der Waals surface area contributed by atoms with E-state index in [9.17, 15) is 0 Å². The Morgan fingerprint density at radius 2 is 1.94 bits per heavy atom. The number of hydrogen-bond donors (Lipinski definition) is 1. The van der Waals surface area contributed by atoms with Crippen molar-refractivity contribution in [2.75, 3.05) is 18.0 Å². The van der Waals surface area contributed by atoms with E-state index in [0.717, 1.165) is 25.9 Å². The predicted octanol–water partition coefficient (Wildman–Crippen LogP) is 3.20.